The number of carbonyl (C=O) groups is 2. The summed E-state index contributed by atoms with van der Waals surface area (Å²) in [6, 6.07) is 0. The Hall–Kier alpha value is -0.710. The molecule has 86 valence electrons. The predicted molar refractivity (Wildman–Crippen MR) is 61.9 cm³/mol. The van der Waals surface area contributed by atoms with Crippen LogP contribution in [0.2, 0.25) is 0 Å². The van der Waals surface area contributed by atoms with Crippen molar-refractivity contribution in [3.8, 4) is 0 Å². The molecule has 1 aliphatic heterocycles. The van der Waals surface area contributed by atoms with Crippen LogP contribution in [0.5, 0.6) is 0 Å². The lowest BCUT2D eigenvalue weighted by atomic mass is 9.97. The van der Waals surface area contributed by atoms with E-state index in [0.29, 0.717) is 13.1 Å². The Balaban J connectivity index is 2.92. The lowest BCUT2D eigenvalue weighted by Crippen LogP contribution is -2.64. The molecule has 4 nitrogen and oxygen atoms in total. The number of hydrogen-bond donors (Lipinski definition) is 1. The monoisotopic (exact) mass is 230 g/mol. The lowest BCUT2D eigenvalue weighted by Gasteiger charge is -2.45. The third-order valence-electron chi connectivity index (χ3n) is 2.83. The molecule has 1 unspecified atom stereocenters. The number of nitrogens with zero attached hydrogens (tertiary/aromatic N) is 2. The summed E-state index contributed by atoms with van der Waals surface area (Å²) in [7, 11) is 1.76. The average Bonchev–Trinajstić information content (AvgIpc) is 2.13. The molecule has 0 aliphatic carbocycles. The highest BCUT2D eigenvalue weighted by molar-refractivity contribution is 7.81. The van der Waals surface area contributed by atoms with Crippen LogP contribution in [0.25, 0.3) is 0 Å². The van der Waals surface area contributed by atoms with E-state index in [0.717, 1.165) is 0 Å². The van der Waals surface area contributed by atoms with Crippen LogP contribution >= 0.6 is 12.6 Å². The van der Waals surface area contributed by atoms with Crippen LogP contribution in [-0.2, 0) is 9.59 Å². The van der Waals surface area contributed by atoms with E-state index < -0.39 is 5.54 Å². The van der Waals surface area contributed by atoms with Crippen molar-refractivity contribution in [3.05, 3.63) is 0 Å². The highest BCUT2D eigenvalue weighted by atomic mass is 32.1. The maximum absolute atomic E-state index is 11.9. The van der Waals surface area contributed by atoms with Crippen molar-refractivity contribution in [3.63, 3.8) is 0 Å². The van der Waals surface area contributed by atoms with E-state index in [1.165, 1.54) is 0 Å². The molecule has 2 amide bonds. The van der Waals surface area contributed by atoms with Gasteiger partial charge in [0, 0.05) is 20.1 Å². The molecule has 0 saturated carbocycles. The van der Waals surface area contributed by atoms with E-state index >= 15 is 0 Å². The van der Waals surface area contributed by atoms with Crippen molar-refractivity contribution in [1.82, 2.24) is 9.80 Å². The van der Waals surface area contributed by atoms with Gasteiger partial charge in [-0.3, -0.25) is 9.59 Å². The third kappa shape index (κ3) is 2.12. The van der Waals surface area contributed by atoms with Gasteiger partial charge in [-0.25, -0.2) is 0 Å². The van der Waals surface area contributed by atoms with Gasteiger partial charge in [-0.05, 0) is 20.8 Å². The molecule has 1 aliphatic rings. The van der Waals surface area contributed by atoms with Crippen LogP contribution in [0, 0.1) is 0 Å². The van der Waals surface area contributed by atoms with Crippen LogP contribution in [-0.4, -0.2) is 52.5 Å². The first-order valence-corrected chi connectivity index (χ1v) is 5.55. The zero-order chi connectivity index (χ0) is 11.8. The SMILES string of the molecule is CC(S)C(=O)N1CCN(C)C(=O)C1(C)C. The molecule has 0 bridgehead atoms. The second-order valence-corrected chi connectivity index (χ2v) is 5.23. The van der Waals surface area contributed by atoms with E-state index in [1.54, 1.807) is 37.6 Å². The van der Waals surface area contributed by atoms with Gasteiger partial charge < -0.3 is 9.80 Å². The number of carbonyl (C=O) groups excluding carboxylic acids is 2. The molecule has 1 rings (SSSR count). The molecule has 1 fully saturated rings. The average molecular weight is 230 g/mol. The van der Waals surface area contributed by atoms with E-state index in [2.05, 4.69) is 12.6 Å². The summed E-state index contributed by atoms with van der Waals surface area (Å²) < 4.78 is 0. The fourth-order valence-electron chi connectivity index (χ4n) is 1.82. The number of piperazine rings is 1. The van der Waals surface area contributed by atoms with Gasteiger partial charge in [-0.1, -0.05) is 0 Å². The van der Waals surface area contributed by atoms with Crippen LogP contribution in [0.3, 0.4) is 0 Å². The van der Waals surface area contributed by atoms with Gasteiger partial charge in [-0.2, -0.15) is 12.6 Å². The summed E-state index contributed by atoms with van der Waals surface area (Å²) in [6.07, 6.45) is 0. The van der Waals surface area contributed by atoms with E-state index in [4.69, 9.17) is 0 Å². The van der Waals surface area contributed by atoms with E-state index in [-0.39, 0.29) is 17.1 Å². The largest absolute Gasteiger partial charge is 0.342 e. The van der Waals surface area contributed by atoms with Crippen molar-refractivity contribution in [2.24, 2.45) is 0 Å². The Morgan fingerprint density at radius 1 is 1.47 bits per heavy atom. The second kappa shape index (κ2) is 4.04. The van der Waals surface area contributed by atoms with Gasteiger partial charge >= 0.3 is 0 Å². The molecule has 5 heteroatoms. The van der Waals surface area contributed by atoms with E-state index in [9.17, 15) is 9.59 Å². The molecule has 0 spiro atoms. The summed E-state index contributed by atoms with van der Waals surface area (Å²) in [4.78, 5) is 27.0. The van der Waals surface area contributed by atoms with Gasteiger partial charge in [-0.15, -0.1) is 0 Å². The highest BCUT2D eigenvalue weighted by Crippen LogP contribution is 2.23. The van der Waals surface area contributed by atoms with Gasteiger partial charge in [0.05, 0.1) is 5.25 Å². The zero-order valence-electron chi connectivity index (χ0n) is 9.65. The molecule has 1 saturated heterocycles. The topological polar surface area (TPSA) is 40.6 Å². The van der Waals surface area contributed by atoms with Crippen molar-refractivity contribution in [2.75, 3.05) is 20.1 Å². The first-order chi connectivity index (χ1) is 6.78. The zero-order valence-corrected chi connectivity index (χ0v) is 10.5. The number of thiol groups is 1. The predicted octanol–water partition coefficient (Wildman–Crippen LogP) is 0.384. The Bertz CT molecular complexity index is 289. The second-order valence-electron chi connectivity index (χ2n) is 4.45. The fourth-order valence-corrected chi connectivity index (χ4v) is 1.96. The Labute approximate surface area is 96.0 Å². The molecular formula is C10H18N2O2S. The van der Waals surface area contributed by atoms with Crippen LogP contribution in [0.15, 0.2) is 0 Å². The first kappa shape index (κ1) is 12.4. The summed E-state index contributed by atoms with van der Waals surface area (Å²) >= 11 is 4.12. The van der Waals surface area contributed by atoms with Gasteiger partial charge in [0.1, 0.15) is 5.54 Å². The van der Waals surface area contributed by atoms with Gasteiger partial charge in [0.2, 0.25) is 11.8 Å². The molecule has 0 aromatic rings. The number of hydrogen-bond acceptors (Lipinski definition) is 3. The number of amides is 2. The van der Waals surface area contributed by atoms with Crippen LogP contribution < -0.4 is 0 Å². The molecule has 0 aromatic heterocycles. The minimum Gasteiger partial charge on any atom is -0.342 e. The minimum atomic E-state index is -0.749. The third-order valence-corrected chi connectivity index (χ3v) is 3.05. The highest BCUT2D eigenvalue weighted by Gasteiger charge is 2.43. The van der Waals surface area contributed by atoms with Gasteiger partial charge in [0.25, 0.3) is 0 Å². The smallest absolute Gasteiger partial charge is 0.247 e. The fraction of sp³-hybridized carbons (Fsp3) is 0.800. The summed E-state index contributed by atoms with van der Waals surface area (Å²) in [6.45, 7) is 6.45. The van der Waals surface area contributed by atoms with Gasteiger partial charge in [0.15, 0.2) is 0 Å². The molecular weight excluding hydrogens is 212 g/mol. The van der Waals surface area contributed by atoms with Crippen molar-refractivity contribution in [1.29, 1.82) is 0 Å². The normalized spacial score (nSPS) is 22.9. The standard InChI is InChI=1S/C10H18N2O2S/c1-7(15)8(13)12-6-5-11(4)9(14)10(12,2)3/h7,15H,5-6H2,1-4H3. The Morgan fingerprint density at radius 3 is 2.47 bits per heavy atom. The quantitative estimate of drug-likeness (QED) is 0.662. The minimum absolute atomic E-state index is 0.0175. The summed E-state index contributed by atoms with van der Waals surface area (Å²) in [5, 5.41) is -0.361. The molecule has 0 radical (unpaired) electrons. The number of likely N-dealkylation sites (N-methyl/N-ethyl adjacent to an activating group) is 1. The van der Waals surface area contributed by atoms with Crippen molar-refractivity contribution < 1.29 is 9.59 Å². The van der Waals surface area contributed by atoms with Crippen molar-refractivity contribution in [2.45, 2.75) is 31.6 Å². The molecule has 0 N–H and O–H groups in total. The van der Waals surface area contributed by atoms with Crippen LogP contribution in [0.4, 0.5) is 0 Å². The molecule has 1 heterocycles. The van der Waals surface area contributed by atoms with Crippen LogP contribution in [0.1, 0.15) is 20.8 Å². The molecule has 15 heavy (non-hydrogen) atoms. The first-order valence-electron chi connectivity index (χ1n) is 5.03. The molecule has 0 aromatic carbocycles. The maximum Gasteiger partial charge on any atom is 0.247 e. The summed E-state index contributed by atoms with van der Waals surface area (Å²) in [5.74, 6) is -0.0964. The summed E-state index contributed by atoms with van der Waals surface area (Å²) in [5.41, 5.74) is -0.749. The van der Waals surface area contributed by atoms with E-state index in [1.807, 2.05) is 0 Å². The van der Waals surface area contributed by atoms with Crippen molar-refractivity contribution >= 4 is 24.4 Å². The maximum atomic E-state index is 11.9. The molecule has 1 atom stereocenters. The number of rotatable bonds is 1. The Kier molecular flexibility index (Phi) is 3.33. The Morgan fingerprint density at radius 2 is 2.00 bits per heavy atom. The lowest BCUT2D eigenvalue weighted by molar-refractivity contribution is -0.156.